The molecule has 4 nitrogen and oxygen atoms in total. The first-order chi connectivity index (χ1) is 8.40. The molecule has 0 heterocycles. The van der Waals surface area contributed by atoms with Crippen LogP contribution < -0.4 is 10.1 Å². The number of ether oxygens (including phenoxy) is 1. The monoisotopic (exact) mass is 245 g/mol. The van der Waals surface area contributed by atoms with Gasteiger partial charge in [-0.1, -0.05) is 19.2 Å². The predicted molar refractivity (Wildman–Crippen MR) is 70.3 cm³/mol. The van der Waals surface area contributed by atoms with E-state index < -0.39 is 5.97 Å². The predicted octanol–water partition coefficient (Wildman–Crippen LogP) is 2.68. The van der Waals surface area contributed by atoms with Gasteiger partial charge in [0, 0.05) is 22.9 Å². The second kappa shape index (κ2) is 5.82. The van der Waals surface area contributed by atoms with E-state index in [1.807, 2.05) is 0 Å². The lowest BCUT2D eigenvalue weighted by Crippen LogP contribution is -2.12. The first kappa shape index (κ1) is 13.7. The van der Waals surface area contributed by atoms with Crippen LogP contribution in [0.5, 0.6) is 5.75 Å². The molecule has 0 unspecified atom stereocenters. The number of rotatable bonds is 4. The van der Waals surface area contributed by atoms with Crippen molar-refractivity contribution in [2.45, 2.75) is 13.8 Å². The van der Waals surface area contributed by atoms with E-state index in [2.05, 4.69) is 18.5 Å². The summed E-state index contributed by atoms with van der Waals surface area (Å²) in [5, 5.41) is 2.63. The van der Waals surface area contributed by atoms with Gasteiger partial charge >= 0.3 is 5.97 Å². The average molecular weight is 245 g/mol. The molecule has 0 atom stereocenters. The Hall–Kier alpha value is -2.36. The zero-order valence-electron chi connectivity index (χ0n) is 10.4. The SMILES string of the molecule is C=C(C)C(=O)Nc1cccc(OC(=O)C(=C)C)c1. The van der Waals surface area contributed by atoms with Crippen molar-refractivity contribution < 1.29 is 14.3 Å². The second-order valence-electron chi connectivity index (χ2n) is 3.93. The van der Waals surface area contributed by atoms with E-state index in [1.165, 1.54) is 0 Å². The van der Waals surface area contributed by atoms with Crippen LogP contribution in [0.25, 0.3) is 0 Å². The molecule has 4 heteroatoms. The molecule has 0 fully saturated rings. The molecule has 0 aliphatic rings. The quantitative estimate of drug-likeness (QED) is 0.504. The minimum Gasteiger partial charge on any atom is -0.423 e. The molecule has 0 radical (unpaired) electrons. The van der Waals surface area contributed by atoms with Crippen LogP contribution in [0.15, 0.2) is 48.6 Å². The lowest BCUT2D eigenvalue weighted by atomic mass is 10.2. The fourth-order valence-electron chi connectivity index (χ4n) is 1.07. The maximum atomic E-state index is 11.4. The Morgan fingerprint density at radius 1 is 1.17 bits per heavy atom. The van der Waals surface area contributed by atoms with E-state index in [0.717, 1.165) is 0 Å². The summed E-state index contributed by atoms with van der Waals surface area (Å²) in [6, 6.07) is 6.55. The van der Waals surface area contributed by atoms with E-state index >= 15 is 0 Å². The first-order valence-corrected chi connectivity index (χ1v) is 5.34. The number of carbonyl (C=O) groups is 2. The number of hydrogen-bond donors (Lipinski definition) is 1. The lowest BCUT2D eigenvalue weighted by Gasteiger charge is -2.07. The number of hydrogen-bond acceptors (Lipinski definition) is 3. The summed E-state index contributed by atoms with van der Waals surface area (Å²) in [5.74, 6) is -0.431. The van der Waals surface area contributed by atoms with Crippen molar-refractivity contribution in [1.29, 1.82) is 0 Å². The summed E-state index contributed by atoms with van der Waals surface area (Å²) >= 11 is 0. The Balaban J connectivity index is 2.80. The van der Waals surface area contributed by atoms with Gasteiger partial charge in [0.15, 0.2) is 0 Å². The van der Waals surface area contributed by atoms with Gasteiger partial charge in [0.25, 0.3) is 5.91 Å². The lowest BCUT2D eigenvalue weighted by molar-refractivity contribution is -0.130. The van der Waals surface area contributed by atoms with Gasteiger partial charge in [-0.15, -0.1) is 0 Å². The summed E-state index contributed by atoms with van der Waals surface area (Å²) in [7, 11) is 0. The van der Waals surface area contributed by atoms with Gasteiger partial charge in [0.05, 0.1) is 0 Å². The minimum atomic E-state index is -0.502. The van der Waals surface area contributed by atoms with E-state index in [4.69, 9.17) is 4.74 Å². The normalized spacial score (nSPS) is 9.44. The molecule has 0 aliphatic carbocycles. The van der Waals surface area contributed by atoms with Crippen LogP contribution in [0.1, 0.15) is 13.8 Å². The molecule has 0 aromatic heterocycles. The van der Waals surface area contributed by atoms with Gasteiger partial charge < -0.3 is 10.1 Å². The smallest absolute Gasteiger partial charge is 0.338 e. The summed E-state index contributed by atoms with van der Waals surface area (Å²) in [6.07, 6.45) is 0. The minimum absolute atomic E-state index is 0.279. The fraction of sp³-hybridized carbons (Fsp3) is 0.143. The number of amides is 1. The van der Waals surface area contributed by atoms with Gasteiger partial charge in [0.2, 0.25) is 0 Å². The van der Waals surface area contributed by atoms with Crippen molar-refractivity contribution in [3.8, 4) is 5.75 Å². The van der Waals surface area contributed by atoms with Crippen LogP contribution in [-0.2, 0) is 9.59 Å². The number of benzene rings is 1. The van der Waals surface area contributed by atoms with E-state index in [-0.39, 0.29) is 5.91 Å². The third-order valence-electron chi connectivity index (χ3n) is 2.04. The topological polar surface area (TPSA) is 55.4 Å². The van der Waals surface area contributed by atoms with Gasteiger partial charge in [-0.2, -0.15) is 0 Å². The van der Waals surface area contributed by atoms with Crippen LogP contribution in [0, 0.1) is 0 Å². The van der Waals surface area contributed by atoms with E-state index in [1.54, 1.807) is 38.1 Å². The molecular weight excluding hydrogens is 230 g/mol. The highest BCUT2D eigenvalue weighted by atomic mass is 16.5. The van der Waals surface area contributed by atoms with Crippen LogP contribution in [0.3, 0.4) is 0 Å². The first-order valence-electron chi connectivity index (χ1n) is 5.34. The maximum Gasteiger partial charge on any atom is 0.338 e. The molecule has 94 valence electrons. The zero-order chi connectivity index (χ0) is 13.7. The molecule has 1 amide bonds. The summed E-state index contributed by atoms with van der Waals surface area (Å²) in [5.41, 5.74) is 1.25. The fourth-order valence-corrected chi connectivity index (χ4v) is 1.07. The second-order valence-corrected chi connectivity index (χ2v) is 3.93. The Labute approximate surface area is 106 Å². The highest BCUT2D eigenvalue weighted by Gasteiger charge is 2.07. The number of carbonyl (C=O) groups excluding carboxylic acids is 2. The highest BCUT2D eigenvalue weighted by molar-refractivity contribution is 6.02. The van der Waals surface area contributed by atoms with E-state index in [9.17, 15) is 9.59 Å². The summed E-state index contributed by atoms with van der Waals surface area (Å²) in [6.45, 7) is 10.2. The molecule has 1 aromatic rings. The van der Waals surface area contributed by atoms with Crippen molar-refractivity contribution in [3.05, 3.63) is 48.6 Å². The van der Waals surface area contributed by atoms with Crippen LogP contribution in [0.2, 0.25) is 0 Å². The molecule has 1 rings (SSSR count). The zero-order valence-corrected chi connectivity index (χ0v) is 10.4. The Kier molecular flexibility index (Phi) is 4.43. The maximum absolute atomic E-state index is 11.4. The summed E-state index contributed by atoms with van der Waals surface area (Å²) < 4.78 is 5.05. The molecule has 0 bridgehead atoms. The average Bonchev–Trinajstić information content (AvgIpc) is 2.29. The third kappa shape index (κ3) is 3.90. The van der Waals surface area contributed by atoms with Crippen LogP contribution in [0.4, 0.5) is 5.69 Å². The molecule has 0 saturated carbocycles. The Bertz CT molecular complexity index is 474. The molecular formula is C14H15NO3. The van der Waals surface area contributed by atoms with Crippen molar-refractivity contribution in [1.82, 2.24) is 0 Å². The van der Waals surface area contributed by atoms with Gasteiger partial charge in [-0.05, 0) is 26.0 Å². The van der Waals surface area contributed by atoms with Crippen molar-refractivity contribution in [3.63, 3.8) is 0 Å². The van der Waals surface area contributed by atoms with Gasteiger partial charge in [-0.25, -0.2) is 4.79 Å². The van der Waals surface area contributed by atoms with Crippen LogP contribution >= 0.6 is 0 Å². The number of esters is 1. The molecule has 1 aromatic carbocycles. The Morgan fingerprint density at radius 2 is 1.83 bits per heavy atom. The molecule has 0 saturated heterocycles. The van der Waals surface area contributed by atoms with Crippen molar-refractivity contribution >= 4 is 17.6 Å². The van der Waals surface area contributed by atoms with E-state index in [0.29, 0.717) is 22.6 Å². The van der Waals surface area contributed by atoms with Crippen LogP contribution in [-0.4, -0.2) is 11.9 Å². The van der Waals surface area contributed by atoms with Gasteiger partial charge in [0.1, 0.15) is 5.75 Å². The molecule has 0 spiro atoms. The molecule has 1 N–H and O–H groups in total. The number of anilines is 1. The largest absolute Gasteiger partial charge is 0.423 e. The Morgan fingerprint density at radius 3 is 2.39 bits per heavy atom. The molecule has 18 heavy (non-hydrogen) atoms. The number of nitrogens with one attached hydrogen (secondary N) is 1. The summed E-state index contributed by atoms with van der Waals surface area (Å²) in [4.78, 5) is 22.8. The van der Waals surface area contributed by atoms with Gasteiger partial charge in [-0.3, -0.25) is 4.79 Å². The van der Waals surface area contributed by atoms with Crippen molar-refractivity contribution in [2.24, 2.45) is 0 Å². The van der Waals surface area contributed by atoms with Crippen molar-refractivity contribution in [2.75, 3.05) is 5.32 Å². The third-order valence-corrected chi connectivity index (χ3v) is 2.04. The standard InChI is InChI=1S/C14H15NO3/c1-9(2)13(16)15-11-6-5-7-12(8-11)18-14(17)10(3)4/h5-8H,1,3H2,2,4H3,(H,15,16). The highest BCUT2D eigenvalue weighted by Crippen LogP contribution is 2.18. The molecule has 0 aliphatic heterocycles.